The van der Waals surface area contributed by atoms with Gasteiger partial charge < -0.3 is 45.1 Å². The summed E-state index contributed by atoms with van der Waals surface area (Å²) in [6, 6.07) is -0.807. The lowest BCUT2D eigenvalue weighted by atomic mass is 9.99. The van der Waals surface area contributed by atoms with Crippen molar-refractivity contribution in [1.82, 2.24) is 5.32 Å². The number of unbranched alkanes of at least 4 members (excludes halogenated alkanes) is 43. The summed E-state index contributed by atoms with van der Waals surface area (Å²) in [4.78, 5) is 25.0. The van der Waals surface area contributed by atoms with Gasteiger partial charge in [0.25, 0.3) is 0 Å². The van der Waals surface area contributed by atoms with Crippen LogP contribution in [0.2, 0.25) is 0 Å². The molecule has 78 heavy (non-hydrogen) atoms. The smallest absolute Gasteiger partial charge is 0.305 e. The van der Waals surface area contributed by atoms with Crippen molar-refractivity contribution in [1.29, 1.82) is 0 Å². The maximum atomic E-state index is 13.0. The highest BCUT2D eigenvalue weighted by atomic mass is 16.7. The first-order valence-electron chi connectivity index (χ1n) is 33.6. The molecule has 11 nitrogen and oxygen atoms in total. The molecule has 1 saturated heterocycles. The van der Waals surface area contributed by atoms with E-state index >= 15 is 0 Å². The Morgan fingerprint density at radius 2 is 0.821 bits per heavy atom. The van der Waals surface area contributed by atoms with E-state index in [1.54, 1.807) is 6.08 Å². The average Bonchev–Trinajstić information content (AvgIpc) is 3.45. The minimum Gasteiger partial charge on any atom is -0.466 e. The summed E-state index contributed by atoms with van der Waals surface area (Å²) in [6.45, 7) is 4.34. The van der Waals surface area contributed by atoms with Crippen LogP contribution in [-0.4, -0.2) is 100 Å². The Hall–Kier alpha value is -1.86. The van der Waals surface area contributed by atoms with Crippen molar-refractivity contribution in [2.45, 2.75) is 371 Å². The number of hydrogen-bond donors (Lipinski definition) is 6. The number of amides is 1. The number of rotatable bonds is 59. The second kappa shape index (κ2) is 57.0. The lowest BCUT2D eigenvalue weighted by Gasteiger charge is -2.40. The van der Waals surface area contributed by atoms with Crippen LogP contribution in [-0.2, 0) is 23.8 Å². The average molecular weight is 1110 g/mol. The van der Waals surface area contributed by atoms with E-state index in [-0.39, 0.29) is 18.5 Å². The molecular formula is C67H127NO10. The van der Waals surface area contributed by atoms with Crippen LogP contribution in [0.3, 0.4) is 0 Å². The van der Waals surface area contributed by atoms with Gasteiger partial charge in [-0.3, -0.25) is 9.59 Å². The Labute approximate surface area is 480 Å². The lowest BCUT2D eigenvalue weighted by Crippen LogP contribution is -2.60. The van der Waals surface area contributed by atoms with E-state index in [1.165, 1.54) is 250 Å². The predicted octanol–water partition coefficient (Wildman–Crippen LogP) is 16.5. The van der Waals surface area contributed by atoms with Crippen LogP contribution >= 0.6 is 0 Å². The van der Waals surface area contributed by atoms with Crippen molar-refractivity contribution >= 4 is 11.9 Å². The SMILES string of the molecule is CCCCCCCCC/C=C/C(O)C(COC1OC(CO)C(O)C(O)C1O)NC(=O)CCCCCCCCCCCCCCCC/C=C\CCCCCCCCCCCCCCOC(=O)CCCCCCCCCCCCC. The van der Waals surface area contributed by atoms with Crippen molar-refractivity contribution in [2.75, 3.05) is 19.8 Å². The zero-order valence-corrected chi connectivity index (χ0v) is 50.9. The van der Waals surface area contributed by atoms with Gasteiger partial charge in [-0.1, -0.05) is 282 Å². The van der Waals surface area contributed by atoms with Crippen molar-refractivity contribution < 1.29 is 49.3 Å². The molecule has 0 aromatic carbocycles. The van der Waals surface area contributed by atoms with Crippen LogP contribution in [0.4, 0.5) is 0 Å². The summed E-state index contributed by atoms with van der Waals surface area (Å²) < 4.78 is 16.7. The second-order valence-corrected chi connectivity index (χ2v) is 23.5. The van der Waals surface area contributed by atoms with Gasteiger partial charge in [0.05, 0.1) is 32.0 Å². The highest BCUT2D eigenvalue weighted by Gasteiger charge is 2.44. The molecule has 460 valence electrons. The standard InChI is InChI=1S/C67H127NO10/c1-3-5-7-9-11-13-34-39-43-47-51-55-63(72)76-56-52-48-44-40-36-33-31-29-27-25-23-21-19-17-15-14-16-18-20-22-24-26-28-30-32-35-38-42-46-50-54-62(71)68-59(60(70)53-49-45-41-37-12-10-8-6-4-2)58-77-67-66(75)65(74)64(73)61(57-69)78-67/h15,17,49,53,59-61,64-67,69-70,73-75H,3-14,16,18-48,50-52,54-58H2,1-2H3,(H,68,71)/b17-15-,53-49+. The van der Waals surface area contributed by atoms with Gasteiger partial charge in [-0.15, -0.1) is 0 Å². The Morgan fingerprint density at radius 3 is 1.23 bits per heavy atom. The second-order valence-electron chi connectivity index (χ2n) is 23.5. The number of aliphatic hydroxyl groups is 5. The maximum Gasteiger partial charge on any atom is 0.305 e. The Kier molecular flexibility index (Phi) is 54.2. The molecule has 7 unspecified atom stereocenters. The van der Waals surface area contributed by atoms with Gasteiger partial charge in [0.2, 0.25) is 5.91 Å². The van der Waals surface area contributed by atoms with E-state index in [2.05, 4.69) is 31.3 Å². The number of hydrogen-bond acceptors (Lipinski definition) is 10. The quantitative estimate of drug-likeness (QED) is 0.0195. The van der Waals surface area contributed by atoms with E-state index in [4.69, 9.17) is 14.2 Å². The molecule has 0 radical (unpaired) electrons. The van der Waals surface area contributed by atoms with E-state index in [9.17, 15) is 35.1 Å². The van der Waals surface area contributed by atoms with Crippen LogP contribution in [0.5, 0.6) is 0 Å². The fourth-order valence-electron chi connectivity index (χ4n) is 10.7. The van der Waals surface area contributed by atoms with E-state index in [1.807, 2.05) is 6.08 Å². The zero-order valence-electron chi connectivity index (χ0n) is 50.9. The fraction of sp³-hybridized carbons (Fsp3) is 0.910. The molecule has 0 aromatic heterocycles. The van der Waals surface area contributed by atoms with Crippen molar-refractivity contribution in [3.63, 3.8) is 0 Å². The number of nitrogens with one attached hydrogen (secondary N) is 1. The van der Waals surface area contributed by atoms with Crippen molar-refractivity contribution in [3.8, 4) is 0 Å². The van der Waals surface area contributed by atoms with Gasteiger partial charge >= 0.3 is 5.97 Å². The minimum atomic E-state index is -1.57. The molecule has 1 aliphatic heterocycles. The van der Waals surface area contributed by atoms with Crippen LogP contribution in [0.25, 0.3) is 0 Å². The third kappa shape index (κ3) is 45.7. The lowest BCUT2D eigenvalue weighted by molar-refractivity contribution is -0.302. The Bertz CT molecular complexity index is 1350. The van der Waals surface area contributed by atoms with Crippen LogP contribution in [0.1, 0.15) is 328 Å². The molecule has 1 fully saturated rings. The third-order valence-electron chi connectivity index (χ3n) is 16.1. The fourth-order valence-corrected chi connectivity index (χ4v) is 10.7. The van der Waals surface area contributed by atoms with Crippen molar-refractivity contribution in [2.24, 2.45) is 0 Å². The Morgan fingerprint density at radius 1 is 0.462 bits per heavy atom. The minimum absolute atomic E-state index is 0.00874. The molecular weight excluding hydrogens is 979 g/mol. The molecule has 0 aliphatic carbocycles. The molecule has 0 saturated carbocycles. The molecule has 0 bridgehead atoms. The summed E-state index contributed by atoms with van der Waals surface area (Å²) in [5, 5.41) is 54.3. The highest BCUT2D eigenvalue weighted by Crippen LogP contribution is 2.23. The van der Waals surface area contributed by atoms with E-state index in [0.717, 1.165) is 51.4 Å². The highest BCUT2D eigenvalue weighted by molar-refractivity contribution is 5.76. The van der Waals surface area contributed by atoms with Gasteiger partial charge in [0.1, 0.15) is 24.4 Å². The van der Waals surface area contributed by atoms with E-state index < -0.39 is 49.5 Å². The molecule has 0 spiro atoms. The van der Waals surface area contributed by atoms with Crippen LogP contribution < -0.4 is 5.32 Å². The number of esters is 1. The predicted molar refractivity (Wildman–Crippen MR) is 324 cm³/mol. The first-order chi connectivity index (χ1) is 38.2. The number of allylic oxidation sites excluding steroid dienone is 3. The maximum absolute atomic E-state index is 13.0. The summed E-state index contributed by atoms with van der Waals surface area (Å²) in [5.41, 5.74) is 0. The number of ether oxygens (including phenoxy) is 3. The molecule has 6 N–H and O–H groups in total. The van der Waals surface area contributed by atoms with Crippen LogP contribution in [0.15, 0.2) is 24.3 Å². The largest absolute Gasteiger partial charge is 0.466 e. The molecule has 1 rings (SSSR count). The first-order valence-corrected chi connectivity index (χ1v) is 33.6. The van der Waals surface area contributed by atoms with Gasteiger partial charge in [0.15, 0.2) is 6.29 Å². The Balaban J connectivity index is 1.94. The third-order valence-corrected chi connectivity index (χ3v) is 16.1. The normalized spacial score (nSPS) is 18.6. The molecule has 1 amide bonds. The number of carbonyl (C=O) groups excluding carboxylic acids is 2. The molecule has 1 aliphatic rings. The van der Waals surface area contributed by atoms with Crippen molar-refractivity contribution in [3.05, 3.63) is 24.3 Å². The molecule has 0 aromatic rings. The van der Waals surface area contributed by atoms with Gasteiger partial charge in [0, 0.05) is 12.8 Å². The number of aliphatic hydroxyl groups excluding tert-OH is 5. The van der Waals surface area contributed by atoms with Gasteiger partial charge in [-0.2, -0.15) is 0 Å². The topological polar surface area (TPSA) is 175 Å². The molecule has 1 heterocycles. The molecule has 11 heteroatoms. The summed E-state index contributed by atoms with van der Waals surface area (Å²) in [5.74, 6) is -0.172. The van der Waals surface area contributed by atoms with Gasteiger partial charge in [-0.25, -0.2) is 0 Å². The summed E-state index contributed by atoms with van der Waals surface area (Å²) in [6.07, 6.45) is 60.3. The first kappa shape index (κ1) is 74.2. The summed E-state index contributed by atoms with van der Waals surface area (Å²) in [7, 11) is 0. The monoisotopic (exact) mass is 1110 g/mol. The number of carbonyl (C=O) groups is 2. The molecule has 7 atom stereocenters. The van der Waals surface area contributed by atoms with Crippen LogP contribution in [0, 0.1) is 0 Å². The summed E-state index contributed by atoms with van der Waals surface area (Å²) >= 11 is 0. The zero-order chi connectivity index (χ0) is 56.6. The van der Waals surface area contributed by atoms with E-state index in [0.29, 0.717) is 19.4 Å². The van der Waals surface area contributed by atoms with Gasteiger partial charge in [-0.05, 0) is 57.8 Å².